The number of hydrogen-bond donors (Lipinski definition) is 2. The summed E-state index contributed by atoms with van der Waals surface area (Å²) in [5.74, 6) is -1.72. The van der Waals surface area contributed by atoms with Gasteiger partial charge in [-0.15, -0.1) is 10.2 Å². The van der Waals surface area contributed by atoms with Crippen LogP contribution in [0.4, 0.5) is 13.9 Å². The van der Waals surface area contributed by atoms with Gasteiger partial charge in [-0.05, 0) is 48.7 Å². The quantitative estimate of drug-likeness (QED) is 0.552. The van der Waals surface area contributed by atoms with Crippen molar-refractivity contribution in [3.05, 3.63) is 70.2 Å². The summed E-state index contributed by atoms with van der Waals surface area (Å²) in [6.45, 7) is 2.26. The van der Waals surface area contributed by atoms with Crippen molar-refractivity contribution in [1.82, 2.24) is 14.9 Å². The normalized spacial score (nSPS) is 15.8. The van der Waals surface area contributed by atoms with Gasteiger partial charge in [0.25, 0.3) is 5.91 Å². The van der Waals surface area contributed by atoms with Gasteiger partial charge < -0.3 is 0 Å². The highest BCUT2D eigenvalue weighted by Crippen LogP contribution is 2.50. The van der Waals surface area contributed by atoms with Gasteiger partial charge in [0.15, 0.2) is 0 Å². The Balaban J connectivity index is 1.55. The van der Waals surface area contributed by atoms with E-state index in [9.17, 15) is 17.8 Å². The fraction of sp³-hybridized carbons (Fsp3) is 0.286. The number of benzene rings is 2. The highest BCUT2D eigenvalue weighted by Gasteiger charge is 2.43. The summed E-state index contributed by atoms with van der Waals surface area (Å²) in [7, 11) is -1.54. The molecule has 1 fully saturated rings. The maximum absolute atomic E-state index is 14.2. The van der Waals surface area contributed by atoms with Crippen LogP contribution in [-0.4, -0.2) is 26.9 Å². The maximum atomic E-state index is 14.2. The summed E-state index contributed by atoms with van der Waals surface area (Å²) >= 11 is 1.22. The molecule has 1 aliphatic carbocycles. The van der Waals surface area contributed by atoms with Gasteiger partial charge in [0, 0.05) is 12.0 Å². The lowest BCUT2D eigenvalue weighted by Crippen LogP contribution is -2.35. The van der Waals surface area contributed by atoms with Crippen molar-refractivity contribution in [2.75, 3.05) is 11.9 Å². The third-order valence-electron chi connectivity index (χ3n) is 5.33. The van der Waals surface area contributed by atoms with E-state index in [-0.39, 0.29) is 21.9 Å². The van der Waals surface area contributed by atoms with Crippen LogP contribution in [0.1, 0.15) is 47.1 Å². The molecule has 1 atom stereocenters. The number of carbonyl (C=O) groups excluding carboxylic acids is 1. The molecule has 2 aromatic carbocycles. The second-order valence-corrected chi connectivity index (χ2v) is 9.49. The van der Waals surface area contributed by atoms with Gasteiger partial charge in [0.2, 0.25) is 5.13 Å². The number of nitrogens with zero attached hydrogens (tertiary/aromatic N) is 2. The number of hydrogen-bond acceptors (Lipinski definition) is 5. The van der Waals surface area contributed by atoms with Crippen LogP contribution in [0.5, 0.6) is 0 Å². The molecule has 0 spiro atoms. The molecular weight excluding hydrogens is 442 g/mol. The highest BCUT2D eigenvalue weighted by molar-refractivity contribution is 7.83. The minimum atomic E-state index is -1.54. The van der Waals surface area contributed by atoms with Crippen molar-refractivity contribution in [3.8, 4) is 0 Å². The third-order valence-corrected chi connectivity index (χ3v) is 7.61. The van der Waals surface area contributed by atoms with Crippen molar-refractivity contribution in [2.45, 2.75) is 36.5 Å². The van der Waals surface area contributed by atoms with Crippen molar-refractivity contribution in [3.63, 3.8) is 0 Å². The number of halogens is 2. The zero-order valence-corrected chi connectivity index (χ0v) is 18.3. The van der Waals surface area contributed by atoms with Crippen LogP contribution < -0.4 is 10.0 Å². The van der Waals surface area contributed by atoms with E-state index in [0.29, 0.717) is 11.4 Å². The van der Waals surface area contributed by atoms with Crippen molar-refractivity contribution < 1.29 is 17.8 Å². The lowest BCUT2D eigenvalue weighted by molar-refractivity contribution is 0.102. The molecule has 162 valence electrons. The summed E-state index contributed by atoms with van der Waals surface area (Å²) in [5.41, 5.74) is 0.388. The molecule has 1 aromatic heterocycles. The van der Waals surface area contributed by atoms with Crippen molar-refractivity contribution in [1.29, 1.82) is 0 Å². The monoisotopic (exact) mass is 462 g/mol. The first kappa shape index (κ1) is 21.7. The Morgan fingerprint density at radius 3 is 2.55 bits per heavy atom. The fourth-order valence-electron chi connectivity index (χ4n) is 3.56. The van der Waals surface area contributed by atoms with E-state index in [0.717, 1.165) is 35.9 Å². The molecule has 0 bridgehead atoms. The molecule has 4 rings (SSSR count). The van der Waals surface area contributed by atoms with Gasteiger partial charge in [0.1, 0.15) is 27.6 Å². The summed E-state index contributed by atoms with van der Waals surface area (Å²) in [6.07, 6.45) is 2.72. The minimum absolute atomic E-state index is 0.225. The SMILES string of the molecule is CCNS(=O)c1ccc(F)c(C(=O)Nc2nnc(C3(c4ccc(F)cc4)CCC3)s2)c1. The van der Waals surface area contributed by atoms with Gasteiger partial charge in [-0.2, -0.15) is 0 Å². The molecule has 1 aliphatic rings. The minimum Gasteiger partial charge on any atom is -0.296 e. The Kier molecular flexibility index (Phi) is 6.22. The van der Waals surface area contributed by atoms with E-state index < -0.39 is 22.7 Å². The molecule has 10 heteroatoms. The Hall–Kier alpha value is -2.56. The van der Waals surface area contributed by atoms with E-state index in [1.54, 1.807) is 19.1 Å². The van der Waals surface area contributed by atoms with E-state index >= 15 is 0 Å². The van der Waals surface area contributed by atoms with Gasteiger partial charge in [-0.25, -0.2) is 17.7 Å². The summed E-state index contributed by atoms with van der Waals surface area (Å²) in [5, 5.41) is 11.9. The van der Waals surface area contributed by atoms with E-state index in [1.165, 1.54) is 35.6 Å². The Labute approximate surface area is 184 Å². The fourth-order valence-corrected chi connectivity index (χ4v) is 5.42. The molecule has 6 nitrogen and oxygen atoms in total. The molecule has 31 heavy (non-hydrogen) atoms. The smallest absolute Gasteiger partial charge is 0.260 e. The standard InChI is InChI=1S/C21H20F2N4O2S2/c1-2-24-31(29)15-8-9-17(23)16(12-15)18(28)25-20-27-26-19(30-20)21(10-3-11-21)13-4-6-14(22)7-5-13/h4-9,12,24H,2-3,10-11H2,1H3,(H,25,27,28). The molecule has 0 saturated heterocycles. The predicted molar refractivity (Wildman–Crippen MR) is 115 cm³/mol. The highest BCUT2D eigenvalue weighted by atomic mass is 32.2. The number of carbonyl (C=O) groups is 1. The number of rotatable bonds is 7. The van der Waals surface area contributed by atoms with Crippen LogP contribution in [0, 0.1) is 11.6 Å². The van der Waals surface area contributed by atoms with Crippen LogP contribution in [0.15, 0.2) is 47.4 Å². The van der Waals surface area contributed by atoms with Crippen LogP contribution in [-0.2, 0) is 16.4 Å². The molecule has 1 heterocycles. The summed E-state index contributed by atoms with van der Waals surface area (Å²) in [4.78, 5) is 12.9. The van der Waals surface area contributed by atoms with Crippen LogP contribution in [0.25, 0.3) is 0 Å². The summed E-state index contributed by atoms with van der Waals surface area (Å²) < 4.78 is 42.4. The molecule has 2 N–H and O–H groups in total. The van der Waals surface area contributed by atoms with E-state index in [4.69, 9.17) is 0 Å². The first-order chi connectivity index (χ1) is 14.9. The number of anilines is 1. The molecule has 1 saturated carbocycles. The zero-order chi connectivity index (χ0) is 22.0. The Morgan fingerprint density at radius 2 is 1.90 bits per heavy atom. The first-order valence-electron chi connectivity index (χ1n) is 9.79. The largest absolute Gasteiger partial charge is 0.296 e. The maximum Gasteiger partial charge on any atom is 0.260 e. The van der Waals surface area contributed by atoms with Crippen LogP contribution in [0.2, 0.25) is 0 Å². The first-order valence-corrected chi connectivity index (χ1v) is 11.8. The average Bonchev–Trinajstić information content (AvgIpc) is 3.17. The third kappa shape index (κ3) is 4.28. The zero-order valence-electron chi connectivity index (χ0n) is 16.7. The van der Waals surface area contributed by atoms with Crippen LogP contribution >= 0.6 is 11.3 Å². The molecule has 0 aliphatic heterocycles. The summed E-state index contributed by atoms with van der Waals surface area (Å²) in [6, 6.07) is 10.1. The Morgan fingerprint density at radius 1 is 1.16 bits per heavy atom. The van der Waals surface area contributed by atoms with Gasteiger partial charge in [-0.1, -0.05) is 36.8 Å². The van der Waals surface area contributed by atoms with Gasteiger partial charge >= 0.3 is 0 Å². The second kappa shape index (κ2) is 8.89. The van der Waals surface area contributed by atoms with E-state index in [1.807, 2.05) is 0 Å². The van der Waals surface area contributed by atoms with Gasteiger partial charge in [-0.3, -0.25) is 10.1 Å². The van der Waals surface area contributed by atoms with Crippen molar-refractivity contribution >= 4 is 33.4 Å². The molecule has 1 unspecified atom stereocenters. The predicted octanol–water partition coefficient (Wildman–Crippen LogP) is 4.17. The average molecular weight is 463 g/mol. The number of amides is 1. The van der Waals surface area contributed by atoms with E-state index in [2.05, 4.69) is 20.2 Å². The number of aromatic nitrogens is 2. The van der Waals surface area contributed by atoms with Crippen LogP contribution in [0.3, 0.4) is 0 Å². The van der Waals surface area contributed by atoms with Gasteiger partial charge in [0.05, 0.1) is 10.5 Å². The second-order valence-electron chi connectivity index (χ2n) is 7.22. The molecule has 1 amide bonds. The topological polar surface area (TPSA) is 84.0 Å². The number of nitrogens with one attached hydrogen (secondary N) is 2. The Bertz CT molecular complexity index is 1130. The molecular formula is C21H20F2N4O2S2. The van der Waals surface area contributed by atoms with Crippen molar-refractivity contribution in [2.24, 2.45) is 0 Å². The lowest BCUT2D eigenvalue weighted by Gasteiger charge is -2.40. The lowest BCUT2D eigenvalue weighted by atomic mass is 9.65. The molecule has 3 aromatic rings. The molecule has 0 radical (unpaired) electrons.